The molecule has 0 unspecified atom stereocenters. The zero-order valence-electron chi connectivity index (χ0n) is 11.1. The Balaban J connectivity index is 2.93. The molecule has 0 fully saturated rings. The summed E-state index contributed by atoms with van der Waals surface area (Å²) in [6.07, 6.45) is -3.85. The number of primary amides is 1. The van der Waals surface area contributed by atoms with Crippen LogP contribution < -0.4 is 5.73 Å². The second-order valence-corrected chi connectivity index (χ2v) is 4.80. The summed E-state index contributed by atoms with van der Waals surface area (Å²) in [6.45, 7) is 0. The number of halogens is 4. The Labute approximate surface area is 131 Å². The molecule has 0 spiro atoms. The van der Waals surface area contributed by atoms with Crippen LogP contribution >= 0.6 is 11.6 Å². The zero-order valence-corrected chi connectivity index (χ0v) is 11.9. The van der Waals surface area contributed by atoms with E-state index in [1.807, 2.05) is 0 Å². The van der Waals surface area contributed by atoms with E-state index in [0.29, 0.717) is 12.1 Å². The number of alkyl halides is 3. The van der Waals surface area contributed by atoms with Crippen LogP contribution in [0.1, 0.15) is 15.9 Å². The van der Waals surface area contributed by atoms with Gasteiger partial charge in [0.15, 0.2) is 0 Å². The van der Waals surface area contributed by atoms with Gasteiger partial charge >= 0.3 is 6.18 Å². The fraction of sp³-hybridized carbons (Fsp3) is 0.0769. The predicted octanol–water partition coefficient (Wildman–Crippen LogP) is 3.43. The molecular weight excluding hydrogens is 339 g/mol. The summed E-state index contributed by atoms with van der Waals surface area (Å²) in [5.74, 6) is -1.22. The van der Waals surface area contributed by atoms with Crippen LogP contribution in [0, 0.1) is 10.1 Å². The summed E-state index contributed by atoms with van der Waals surface area (Å²) in [5.41, 5.74) is 0.829. The van der Waals surface area contributed by atoms with Crippen LogP contribution in [-0.2, 0) is 6.18 Å². The number of rotatable bonds is 3. The average molecular weight is 346 g/mol. The number of hydrogen-bond acceptors (Lipinski definition) is 4. The van der Waals surface area contributed by atoms with E-state index in [4.69, 9.17) is 17.3 Å². The number of carbonyl (C=O) groups excluding carboxylic acids is 1. The minimum atomic E-state index is -4.89. The van der Waals surface area contributed by atoms with Gasteiger partial charge in [-0.25, -0.2) is 0 Å². The van der Waals surface area contributed by atoms with Gasteiger partial charge in [-0.1, -0.05) is 11.6 Å². The van der Waals surface area contributed by atoms with Crippen LogP contribution in [0.2, 0.25) is 5.02 Å². The molecule has 0 aliphatic carbocycles. The van der Waals surface area contributed by atoms with Gasteiger partial charge in [-0.15, -0.1) is 0 Å². The molecule has 2 N–H and O–H groups in total. The van der Waals surface area contributed by atoms with E-state index in [1.54, 1.807) is 0 Å². The molecule has 2 rings (SSSR count). The van der Waals surface area contributed by atoms with Gasteiger partial charge in [-0.2, -0.15) is 13.2 Å². The smallest absolute Gasteiger partial charge is 0.365 e. The number of nitro groups is 1. The second kappa shape index (κ2) is 5.84. The van der Waals surface area contributed by atoms with Gasteiger partial charge in [0, 0.05) is 6.20 Å². The number of aromatic nitrogens is 1. The van der Waals surface area contributed by atoms with Gasteiger partial charge in [0.2, 0.25) is 0 Å². The lowest BCUT2D eigenvalue weighted by atomic mass is 9.97. The first kappa shape index (κ1) is 16.7. The maximum atomic E-state index is 13.2. The van der Waals surface area contributed by atoms with Crippen molar-refractivity contribution in [1.29, 1.82) is 0 Å². The number of pyridine rings is 1. The third-order valence-electron chi connectivity index (χ3n) is 2.91. The van der Waals surface area contributed by atoms with Gasteiger partial charge in [0.25, 0.3) is 11.6 Å². The van der Waals surface area contributed by atoms with Crippen molar-refractivity contribution in [2.45, 2.75) is 6.18 Å². The normalized spacial score (nSPS) is 11.3. The minimum absolute atomic E-state index is 0.135. The summed E-state index contributed by atoms with van der Waals surface area (Å²) >= 11 is 5.62. The van der Waals surface area contributed by atoms with Gasteiger partial charge in [-0.05, 0) is 24.3 Å². The van der Waals surface area contributed by atoms with E-state index in [0.717, 1.165) is 12.3 Å². The zero-order chi connectivity index (χ0) is 17.4. The van der Waals surface area contributed by atoms with Gasteiger partial charge in [0.1, 0.15) is 5.56 Å². The first-order valence-corrected chi connectivity index (χ1v) is 6.31. The van der Waals surface area contributed by atoms with Crippen molar-refractivity contribution < 1.29 is 22.9 Å². The summed E-state index contributed by atoms with van der Waals surface area (Å²) in [6, 6.07) is 3.54. The molecule has 0 aliphatic rings. The molecule has 23 heavy (non-hydrogen) atoms. The molecule has 1 amide bonds. The first-order valence-electron chi connectivity index (χ1n) is 5.93. The summed E-state index contributed by atoms with van der Waals surface area (Å²) in [7, 11) is 0. The lowest BCUT2D eigenvalue weighted by molar-refractivity contribution is -0.384. The summed E-state index contributed by atoms with van der Waals surface area (Å²) in [5, 5.41) is 11.4. The maximum Gasteiger partial charge on any atom is 0.417 e. The van der Waals surface area contributed by atoms with E-state index >= 15 is 0 Å². The molecule has 1 aromatic carbocycles. The Bertz CT molecular complexity index is 792. The van der Waals surface area contributed by atoms with E-state index < -0.39 is 39.4 Å². The highest BCUT2D eigenvalue weighted by molar-refractivity contribution is 6.30. The molecule has 0 saturated carbocycles. The average Bonchev–Trinajstić information content (AvgIpc) is 2.45. The fourth-order valence-electron chi connectivity index (χ4n) is 2.00. The van der Waals surface area contributed by atoms with Crippen molar-refractivity contribution in [3.63, 3.8) is 0 Å². The number of nitro benzene ring substituents is 1. The Morgan fingerprint density at radius 2 is 1.91 bits per heavy atom. The quantitative estimate of drug-likeness (QED) is 0.680. The maximum absolute atomic E-state index is 13.2. The van der Waals surface area contributed by atoms with Crippen molar-refractivity contribution in [3.05, 3.63) is 56.7 Å². The van der Waals surface area contributed by atoms with Gasteiger partial charge in [-0.3, -0.25) is 19.9 Å². The highest BCUT2D eigenvalue weighted by Gasteiger charge is 2.39. The third kappa shape index (κ3) is 3.24. The van der Waals surface area contributed by atoms with Crippen LogP contribution in [0.15, 0.2) is 30.5 Å². The Morgan fingerprint density at radius 3 is 2.35 bits per heavy atom. The summed E-state index contributed by atoms with van der Waals surface area (Å²) < 4.78 is 39.6. The molecule has 0 atom stereocenters. The number of hydrogen-bond donors (Lipinski definition) is 1. The van der Waals surface area contributed by atoms with Gasteiger partial charge < -0.3 is 5.73 Å². The van der Waals surface area contributed by atoms with E-state index in [-0.39, 0.29) is 10.7 Å². The molecule has 0 bridgehead atoms. The molecule has 1 heterocycles. The second-order valence-electron chi connectivity index (χ2n) is 4.37. The molecule has 10 heteroatoms. The summed E-state index contributed by atoms with van der Waals surface area (Å²) in [4.78, 5) is 25.1. The van der Waals surface area contributed by atoms with Crippen molar-refractivity contribution in [2.24, 2.45) is 5.73 Å². The molecule has 1 aromatic heterocycles. The third-order valence-corrected chi connectivity index (χ3v) is 3.14. The van der Waals surface area contributed by atoms with E-state index in [9.17, 15) is 28.1 Å². The van der Waals surface area contributed by atoms with Crippen LogP contribution in [0.5, 0.6) is 0 Å². The Hall–Kier alpha value is -2.68. The van der Waals surface area contributed by atoms with Crippen molar-refractivity contribution in [1.82, 2.24) is 4.98 Å². The Kier molecular flexibility index (Phi) is 4.24. The standard InChI is InChI=1S/C13H7ClF3N3O3/c14-6-1-4-9(19-5-6)10-8(13(15,16)17)3-2-7(12(18)21)11(10)20(22)23/h1-5H,(H2,18,21). The number of benzene rings is 1. The van der Waals surface area contributed by atoms with Crippen LogP contribution in [0.4, 0.5) is 18.9 Å². The number of carbonyl (C=O) groups is 1. The highest BCUT2D eigenvalue weighted by Crippen LogP contribution is 2.43. The van der Waals surface area contributed by atoms with Crippen LogP contribution in [0.25, 0.3) is 11.3 Å². The number of nitrogens with zero attached hydrogens (tertiary/aromatic N) is 2. The largest absolute Gasteiger partial charge is 0.417 e. The molecule has 0 radical (unpaired) electrons. The molecular formula is C13H7ClF3N3O3. The van der Waals surface area contributed by atoms with E-state index in [2.05, 4.69) is 4.98 Å². The monoisotopic (exact) mass is 345 g/mol. The van der Waals surface area contributed by atoms with Crippen molar-refractivity contribution in [3.8, 4) is 11.3 Å². The number of amides is 1. The van der Waals surface area contributed by atoms with Gasteiger partial charge in [0.05, 0.1) is 26.8 Å². The number of nitrogens with two attached hydrogens (primary N) is 1. The predicted molar refractivity (Wildman–Crippen MR) is 74.9 cm³/mol. The molecule has 0 aliphatic heterocycles. The SMILES string of the molecule is NC(=O)c1ccc(C(F)(F)F)c(-c2ccc(Cl)cn2)c1[N+](=O)[O-]. The fourth-order valence-corrected chi connectivity index (χ4v) is 2.11. The first-order chi connectivity index (χ1) is 10.6. The highest BCUT2D eigenvalue weighted by atomic mass is 35.5. The van der Waals surface area contributed by atoms with Crippen molar-refractivity contribution >= 4 is 23.2 Å². The minimum Gasteiger partial charge on any atom is -0.365 e. The molecule has 120 valence electrons. The molecule has 2 aromatic rings. The lowest BCUT2D eigenvalue weighted by Gasteiger charge is -2.14. The Morgan fingerprint density at radius 1 is 1.26 bits per heavy atom. The van der Waals surface area contributed by atoms with Crippen LogP contribution in [-0.4, -0.2) is 15.8 Å². The van der Waals surface area contributed by atoms with Crippen molar-refractivity contribution in [2.75, 3.05) is 0 Å². The molecule has 6 nitrogen and oxygen atoms in total. The molecule has 0 saturated heterocycles. The lowest BCUT2D eigenvalue weighted by Crippen LogP contribution is -2.17. The topological polar surface area (TPSA) is 99.1 Å². The van der Waals surface area contributed by atoms with E-state index in [1.165, 1.54) is 6.07 Å². The van der Waals surface area contributed by atoms with Crippen LogP contribution in [0.3, 0.4) is 0 Å².